The van der Waals surface area contributed by atoms with Gasteiger partial charge in [0, 0.05) is 13.0 Å². The molecule has 0 spiro atoms. The minimum Gasteiger partial charge on any atom is -0.481 e. The second-order valence-electron chi connectivity index (χ2n) is 8.57. The first kappa shape index (κ1) is 18.9. The van der Waals surface area contributed by atoms with Gasteiger partial charge < -0.3 is 9.84 Å². The van der Waals surface area contributed by atoms with Gasteiger partial charge in [0.2, 0.25) is 0 Å². The normalized spacial score (nSPS) is 32.6. The van der Waals surface area contributed by atoms with Gasteiger partial charge in [0.1, 0.15) is 0 Å². The van der Waals surface area contributed by atoms with Gasteiger partial charge in [-0.1, -0.05) is 31.4 Å². The lowest BCUT2D eigenvalue weighted by atomic mass is 9.76. The summed E-state index contributed by atoms with van der Waals surface area (Å²) in [6.45, 7) is 0.970. The van der Waals surface area contributed by atoms with E-state index in [1.807, 2.05) is 0 Å². The highest BCUT2D eigenvalue weighted by Gasteiger charge is 2.46. The van der Waals surface area contributed by atoms with E-state index in [9.17, 15) is 4.79 Å². The van der Waals surface area contributed by atoms with Crippen LogP contribution >= 0.6 is 0 Å². The molecule has 0 radical (unpaired) electrons. The summed E-state index contributed by atoms with van der Waals surface area (Å²) in [5.41, 5.74) is 0. The van der Waals surface area contributed by atoms with E-state index in [4.69, 9.17) is 9.84 Å². The lowest BCUT2D eigenvalue weighted by Gasteiger charge is -2.31. The Kier molecular flexibility index (Phi) is 7.39. The largest absolute Gasteiger partial charge is 0.481 e. The maximum absolute atomic E-state index is 10.5. The van der Waals surface area contributed by atoms with Crippen LogP contribution in [0.2, 0.25) is 0 Å². The Balaban J connectivity index is 1.38. The molecule has 0 aromatic rings. The first-order chi connectivity index (χ1) is 12.2. The number of hydrogen-bond acceptors (Lipinski definition) is 2. The molecule has 2 bridgehead atoms. The van der Waals surface area contributed by atoms with Crippen LogP contribution in [0.25, 0.3) is 0 Å². The molecule has 0 unspecified atom stereocenters. The van der Waals surface area contributed by atoms with Crippen molar-refractivity contribution in [1.82, 2.24) is 0 Å². The summed E-state index contributed by atoms with van der Waals surface area (Å²) in [7, 11) is 0. The fourth-order valence-corrected chi connectivity index (χ4v) is 5.69. The number of ether oxygens (including phenoxy) is 1. The van der Waals surface area contributed by atoms with Gasteiger partial charge in [0.25, 0.3) is 0 Å². The summed E-state index contributed by atoms with van der Waals surface area (Å²) in [6.07, 6.45) is 20.5. The molecule has 3 rings (SSSR count). The minimum absolute atomic E-state index is 0.291. The molecule has 1 N–H and O–H groups in total. The number of aliphatic carboxylic acids is 1. The molecule has 3 nitrogen and oxygen atoms in total. The van der Waals surface area contributed by atoms with E-state index < -0.39 is 5.97 Å². The van der Waals surface area contributed by atoms with E-state index in [0.29, 0.717) is 12.5 Å². The molecule has 3 saturated carbocycles. The number of allylic oxidation sites excluding steroid dienone is 2. The van der Waals surface area contributed by atoms with Crippen molar-refractivity contribution >= 4 is 5.97 Å². The van der Waals surface area contributed by atoms with Crippen molar-refractivity contribution in [2.75, 3.05) is 6.61 Å². The van der Waals surface area contributed by atoms with Crippen LogP contribution in [0.3, 0.4) is 0 Å². The fraction of sp³-hybridized carbons (Fsp3) is 0.864. The number of rotatable bonds is 10. The van der Waals surface area contributed by atoms with E-state index in [2.05, 4.69) is 12.2 Å². The van der Waals surface area contributed by atoms with Crippen LogP contribution in [-0.2, 0) is 9.53 Å². The average Bonchev–Trinajstić information content (AvgIpc) is 3.21. The Morgan fingerprint density at radius 1 is 1.00 bits per heavy atom. The third-order valence-corrected chi connectivity index (χ3v) is 6.97. The summed E-state index contributed by atoms with van der Waals surface area (Å²) < 4.78 is 6.21. The van der Waals surface area contributed by atoms with Gasteiger partial charge in [-0.25, -0.2) is 0 Å². The molecule has 25 heavy (non-hydrogen) atoms. The zero-order valence-electron chi connectivity index (χ0n) is 15.7. The van der Waals surface area contributed by atoms with E-state index >= 15 is 0 Å². The first-order valence-corrected chi connectivity index (χ1v) is 10.7. The topological polar surface area (TPSA) is 46.5 Å². The summed E-state index contributed by atoms with van der Waals surface area (Å²) in [5.74, 6) is 2.92. The molecule has 0 aromatic heterocycles. The zero-order chi connectivity index (χ0) is 17.5. The maximum Gasteiger partial charge on any atom is 0.303 e. The SMILES string of the molecule is O=C(O)CCCC=CC[C@H]1[C@H]2CC[C@H](C2)[C@H]1CCOC1CCCCC1. The van der Waals surface area contributed by atoms with Crippen molar-refractivity contribution in [1.29, 1.82) is 0 Å². The molecule has 0 aliphatic heterocycles. The van der Waals surface area contributed by atoms with Crippen molar-refractivity contribution in [2.24, 2.45) is 23.7 Å². The number of carboxylic acids is 1. The van der Waals surface area contributed by atoms with Gasteiger partial charge in [-0.2, -0.15) is 0 Å². The quantitative estimate of drug-likeness (QED) is 0.413. The Bertz CT molecular complexity index is 439. The Morgan fingerprint density at radius 3 is 2.52 bits per heavy atom. The van der Waals surface area contributed by atoms with Crippen LogP contribution < -0.4 is 0 Å². The standard InChI is InChI=1S/C22H36O3/c23-22(24)11-7-2-1-6-10-20-17-12-13-18(16-17)21(20)14-15-25-19-8-4-3-5-9-19/h1,6,17-21H,2-5,7-16H2,(H,23,24)/t17-,18+,20-,21+/m0/s1. The lowest BCUT2D eigenvalue weighted by Crippen LogP contribution is -2.25. The highest BCUT2D eigenvalue weighted by molar-refractivity contribution is 5.66. The van der Waals surface area contributed by atoms with Gasteiger partial charge in [0.15, 0.2) is 0 Å². The molecule has 142 valence electrons. The van der Waals surface area contributed by atoms with Crippen LogP contribution in [0.15, 0.2) is 12.2 Å². The number of unbranched alkanes of at least 4 members (excludes halogenated alkanes) is 1. The molecular weight excluding hydrogens is 312 g/mol. The molecule has 3 aliphatic rings. The predicted molar refractivity (Wildman–Crippen MR) is 100 cm³/mol. The number of hydrogen-bond donors (Lipinski definition) is 1. The molecule has 3 heteroatoms. The Labute approximate surface area is 153 Å². The van der Waals surface area contributed by atoms with Gasteiger partial charge in [0.05, 0.1) is 6.10 Å². The van der Waals surface area contributed by atoms with E-state index in [0.717, 1.165) is 43.1 Å². The highest BCUT2D eigenvalue weighted by atomic mass is 16.5. The smallest absolute Gasteiger partial charge is 0.303 e. The van der Waals surface area contributed by atoms with Gasteiger partial charge in [-0.05, 0) is 81.5 Å². The van der Waals surface area contributed by atoms with Crippen LogP contribution in [0.4, 0.5) is 0 Å². The van der Waals surface area contributed by atoms with E-state index in [1.54, 1.807) is 0 Å². The van der Waals surface area contributed by atoms with Gasteiger partial charge in [-0.15, -0.1) is 0 Å². The Morgan fingerprint density at radius 2 is 1.76 bits per heavy atom. The summed E-state index contributed by atoms with van der Waals surface area (Å²) >= 11 is 0. The molecule has 0 aromatic carbocycles. The molecule has 0 amide bonds. The van der Waals surface area contributed by atoms with Crippen molar-refractivity contribution in [3.8, 4) is 0 Å². The summed E-state index contributed by atoms with van der Waals surface area (Å²) in [6, 6.07) is 0. The van der Waals surface area contributed by atoms with E-state index in [-0.39, 0.29) is 0 Å². The first-order valence-electron chi connectivity index (χ1n) is 10.7. The van der Waals surface area contributed by atoms with Gasteiger partial charge in [-0.3, -0.25) is 4.79 Å². The monoisotopic (exact) mass is 348 g/mol. The third-order valence-electron chi connectivity index (χ3n) is 6.97. The van der Waals surface area contributed by atoms with Crippen molar-refractivity contribution in [3.63, 3.8) is 0 Å². The molecular formula is C22H36O3. The predicted octanol–water partition coefficient (Wildman–Crippen LogP) is 5.59. The van der Waals surface area contributed by atoms with Crippen LogP contribution in [-0.4, -0.2) is 23.8 Å². The zero-order valence-corrected chi connectivity index (χ0v) is 15.7. The molecule has 3 aliphatic carbocycles. The summed E-state index contributed by atoms with van der Waals surface area (Å²) in [5, 5.41) is 8.69. The second-order valence-corrected chi connectivity index (χ2v) is 8.57. The van der Waals surface area contributed by atoms with Crippen LogP contribution in [0.5, 0.6) is 0 Å². The fourth-order valence-electron chi connectivity index (χ4n) is 5.69. The maximum atomic E-state index is 10.5. The van der Waals surface area contributed by atoms with Gasteiger partial charge >= 0.3 is 5.97 Å². The van der Waals surface area contributed by atoms with Crippen molar-refractivity contribution in [3.05, 3.63) is 12.2 Å². The van der Waals surface area contributed by atoms with E-state index in [1.165, 1.54) is 64.2 Å². The average molecular weight is 349 g/mol. The third kappa shape index (κ3) is 5.57. The molecule has 0 heterocycles. The molecule has 4 atom stereocenters. The second kappa shape index (κ2) is 9.75. The van der Waals surface area contributed by atoms with Crippen LogP contribution in [0, 0.1) is 23.7 Å². The minimum atomic E-state index is -0.681. The number of carboxylic acid groups (broad SMARTS) is 1. The summed E-state index contributed by atoms with van der Waals surface area (Å²) in [4.78, 5) is 10.5. The van der Waals surface area contributed by atoms with Crippen molar-refractivity contribution in [2.45, 2.75) is 89.6 Å². The Hall–Kier alpha value is -0.830. The van der Waals surface area contributed by atoms with Crippen LogP contribution in [0.1, 0.15) is 83.5 Å². The lowest BCUT2D eigenvalue weighted by molar-refractivity contribution is -0.137. The van der Waals surface area contributed by atoms with Crippen molar-refractivity contribution < 1.29 is 14.6 Å². The highest BCUT2D eigenvalue weighted by Crippen LogP contribution is 2.54. The number of carbonyl (C=O) groups is 1. The number of fused-ring (bicyclic) bond motifs is 2. The molecule has 0 saturated heterocycles. The molecule has 3 fully saturated rings.